The lowest BCUT2D eigenvalue weighted by atomic mass is 10.1. The molecule has 0 spiro atoms. The van der Waals surface area contributed by atoms with E-state index in [1.54, 1.807) is 18.2 Å². The van der Waals surface area contributed by atoms with Gasteiger partial charge in [-0.3, -0.25) is 9.69 Å². The third kappa shape index (κ3) is 4.64. The number of amides is 1. The molecule has 2 aliphatic rings. The van der Waals surface area contributed by atoms with Gasteiger partial charge in [0.1, 0.15) is 0 Å². The van der Waals surface area contributed by atoms with E-state index < -0.39 is 0 Å². The molecule has 1 N–H and O–H groups in total. The van der Waals surface area contributed by atoms with Crippen LogP contribution in [0.5, 0.6) is 11.5 Å². The summed E-state index contributed by atoms with van der Waals surface area (Å²) >= 11 is 0. The second kappa shape index (κ2) is 9.08. The smallest absolute Gasteiger partial charge is 0.251 e. The van der Waals surface area contributed by atoms with Gasteiger partial charge < -0.3 is 19.5 Å². The summed E-state index contributed by atoms with van der Waals surface area (Å²) < 4.78 is 16.5. The van der Waals surface area contributed by atoms with E-state index in [9.17, 15) is 4.79 Å². The van der Waals surface area contributed by atoms with E-state index in [2.05, 4.69) is 34.5 Å². The molecule has 1 saturated heterocycles. The molecule has 148 valence electrons. The Kier molecular flexibility index (Phi) is 6.09. The molecular formula is C22H26N2O4. The van der Waals surface area contributed by atoms with Gasteiger partial charge in [0.2, 0.25) is 6.79 Å². The van der Waals surface area contributed by atoms with E-state index in [4.69, 9.17) is 14.2 Å². The highest BCUT2D eigenvalue weighted by molar-refractivity contribution is 5.94. The van der Waals surface area contributed by atoms with Gasteiger partial charge in [0.15, 0.2) is 11.5 Å². The van der Waals surface area contributed by atoms with E-state index in [1.165, 1.54) is 5.56 Å². The fraction of sp³-hybridized carbons (Fsp3) is 0.409. The third-order valence-corrected chi connectivity index (χ3v) is 5.14. The van der Waals surface area contributed by atoms with Crippen LogP contribution in [-0.2, 0) is 4.74 Å². The summed E-state index contributed by atoms with van der Waals surface area (Å²) in [7, 11) is 0. The average Bonchev–Trinajstić information content (AvgIpc) is 3.22. The molecule has 1 fully saturated rings. The maximum atomic E-state index is 12.3. The van der Waals surface area contributed by atoms with Crippen LogP contribution in [0.2, 0.25) is 0 Å². The number of ether oxygens (including phenoxy) is 3. The first kappa shape index (κ1) is 18.8. The van der Waals surface area contributed by atoms with Crippen molar-refractivity contribution in [2.24, 2.45) is 0 Å². The molecule has 28 heavy (non-hydrogen) atoms. The summed E-state index contributed by atoms with van der Waals surface area (Å²) in [5, 5.41) is 2.98. The van der Waals surface area contributed by atoms with Crippen molar-refractivity contribution in [1.82, 2.24) is 10.2 Å². The third-order valence-electron chi connectivity index (χ3n) is 5.14. The SMILES string of the molecule is O=C(NCCCCN1CCO[C@@H](c2ccccc2)C1)c1ccc2c(c1)OCO2. The zero-order valence-corrected chi connectivity index (χ0v) is 15.9. The Hall–Kier alpha value is -2.57. The van der Waals surface area contributed by atoms with Gasteiger partial charge in [-0.1, -0.05) is 30.3 Å². The minimum absolute atomic E-state index is 0.0752. The molecule has 0 aromatic heterocycles. The molecule has 0 radical (unpaired) electrons. The highest BCUT2D eigenvalue weighted by Gasteiger charge is 2.21. The Labute approximate surface area is 165 Å². The van der Waals surface area contributed by atoms with Gasteiger partial charge in [0, 0.05) is 25.2 Å². The van der Waals surface area contributed by atoms with Crippen molar-refractivity contribution in [3.05, 3.63) is 59.7 Å². The van der Waals surface area contributed by atoms with Gasteiger partial charge in [-0.25, -0.2) is 0 Å². The first-order chi connectivity index (χ1) is 13.8. The van der Waals surface area contributed by atoms with Crippen LogP contribution in [0.4, 0.5) is 0 Å². The quantitative estimate of drug-likeness (QED) is 0.746. The number of carbonyl (C=O) groups is 1. The van der Waals surface area contributed by atoms with Gasteiger partial charge in [-0.05, 0) is 43.1 Å². The summed E-state index contributed by atoms with van der Waals surface area (Å²) in [4.78, 5) is 14.7. The summed E-state index contributed by atoms with van der Waals surface area (Å²) in [6, 6.07) is 15.7. The number of hydrogen-bond donors (Lipinski definition) is 1. The van der Waals surface area contributed by atoms with Crippen molar-refractivity contribution in [3.63, 3.8) is 0 Å². The van der Waals surface area contributed by atoms with Crippen LogP contribution < -0.4 is 14.8 Å². The van der Waals surface area contributed by atoms with Gasteiger partial charge >= 0.3 is 0 Å². The van der Waals surface area contributed by atoms with E-state index in [0.29, 0.717) is 23.6 Å². The lowest BCUT2D eigenvalue weighted by Gasteiger charge is -2.33. The number of hydrogen-bond acceptors (Lipinski definition) is 5. The number of nitrogens with zero attached hydrogens (tertiary/aromatic N) is 1. The minimum Gasteiger partial charge on any atom is -0.454 e. The molecule has 0 bridgehead atoms. The van der Waals surface area contributed by atoms with Gasteiger partial charge in [-0.15, -0.1) is 0 Å². The summed E-state index contributed by atoms with van der Waals surface area (Å²) in [5.74, 6) is 1.25. The van der Waals surface area contributed by atoms with Crippen molar-refractivity contribution in [1.29, 1.82) is 0 Å². The summed E-state index contributed by atoms with van der Waals surface area (Å²) in [6.07, 6.45) is 2.15. The second-order valence-electron chi connectivity index (χ2n) is 7.10. The van der Waals surface area contributed by atoms with Gasteiger partial charge in [-0.2, -0.15) is 0 Å². The van der Waals surface area contributed by atoms with Crippen LogP contribution in [0.15, 0.2) is 48.5 Å². The molecule has 2 heterocycles. The van der Waals surface area contributed by atoms with E-state index in [1.807, 2.05) is 6.07 Å². The van der Waals surface area contributed by atoms with E-state index >= 15 is 0 Å². The number of morpholine rings is 1. The Balaban J connectivity index is 1.16. The fourth-order valence-corrected chi connectivity index (χ4v) is 3.58. The zero-order valence-electron chi connectivity index (χ0n) is 15.9. The molecule has 0 saturated carbocycles. The normalized spacial score (nSPS) is 18.8. The van der Waals surface area contributed by atoms with Gasteiger partial charge in [0.25, 0.3) is 5.91 Å². The second-order valence-corrected chi connectivity index (χ2v) is 7.10. The number of rotatable bonds is 7. The lowest BCUT2D eigenvalue weighted by molar-refractivity contribution is -0.0303. The number of benzene rings is 2. The Morgan fingerprint density at radius 1 is 1.07 bits per heavy atom. The fourth-order valence-electron chi connectivity index (χ4n) is 3.58. The van der Waals surface area contributed by atoms with E-state index in [-0.39, 0.29) is 18.8 Å². The number of unbranched alkanes of at least 4 members (excludes halogenated alkanes) is 1. The lowest BCUT2D eigenvalue weighted by Crippen LogP contribution is -2.39. The predicted molar refractivity (Wildman–Crippen MR) is 106 cm³/mol. The molecular weight excluding hydrogens is 356 g/mol. The monoisotopic (exact) mass is 382 g/mol. The van der Waals surface area contributed by atoms with E-state index in [0.717, 1.165) is 39.1 Å². The standard InChI is InChI=1S/C22H26N2O4/c25-22(18-8-9-19-20(14-18)28-16-27-19)23-10-4-5-11-24-12-13-26-21(15-24)17-6-2-1-3-7-17/h1-3,6-9,14,21H,4-5,10-13,15-16H2,(H,23,25)/t21-/m1/s1. The average molecular weight is 382 g/mol. The largest absolute Gasteiger partial charge is 0.454 e. The number of fused-ring (bicyclic) bond motifs is 1. The van der Waals surface area contributed by atoms with Crippen molar-refractivity contribution in [2.75, 3.05) is 39.6 Å². The van der Waals surface area contributed by atoms with Crippen LogP contribution in [-0.4, -0.2) is 50.4 Å². The molecule has 2 aromatic carbocycles. The van der Waals surface area contributed by atoms with Gasteiger partial charge in [0.05, 0.1) is 12.7 Å². The van der Waals surface area contributed by atoms with Crippen LogP contribution in [0.25, 0.3) is 0 Å². The van der Waals surface area contributed by atoms with Crippen molar-refractivity contribution in [3.8, 4) is 11.5 Å². The molecule has 6 heteroatoms. The Morgan fingerprint density at radius 3 is 2.82 bits per heavy atom. The Bertz CT molecular complexity index is 796. The minimum atomic E-state index is -0.0752. The molecule has 4 rings (SSSR count). The van der Waals surface area contributed by atoms with Crippen LogP contribution in [0.1, 0.15) is 34.9 Å². The summed E-state index contributed by atoms with van der Waals surface area (Å²) in [6.45, 7) is 4.56. The molecule has 2 aromatic rings. The molecule has 1 amide bonds. The maximum Gasteiger partial charge on any atom is 0.251 e. The predicted octanol–water partition coefficient (Wildman–Crippen LogP) is 3.00. The van der Waals surface area contributed by atoms with Crippen molar-refractivity contribution < 1.29 is 19.0 Å². The van der Waals surface area contributed by atoms with Crippen molar-refractivity contribution in [2.45, 2.75) is 18.9 Å². The number of carbonyl (C=O) groups excluding carboxylic acids is 1. The maximum absolute atomic E-state index is 12.3. The zero-order chi connectivity index (χ0) is 19.2. The highest BCUT2D eigenvalue weighted by atomic mass is 16.7. The van der Waals surface area contributed by atoms with Crippen LogP contribution in [0, 0.1) is 0 Å². The summed E-state index contributed by atoms with van der Waals surface area (Å²) in [5.41, 5.74) is 1.84. The molecule has 1 atom stereocenters. The first-order valence-electron chi connectivity index (χ1n) is 9.86. The van der Waals surface area contributed by atoms with Crippen LogP contribution >= 0.6 is 0 Å². The molecule has 2 aliphatic heterocycles. The van der Waals surface area contributed by atoms with Crippen LogP contribution in [0.3, 0.4) is 0 Å². The Morgan fingerprint density at radius 2 is 1.93 bits per heavy atom. The van der Waals surface area contributed by atoms with Crippen molar-refractivity contribution >= 4 is 5.91 Å². The topological polar surface area (TPSA) is 60.0 Å². The molecule has 6 nitrogen and oxygen atoms in total. The first-order valence-corrected chi connectivity index (χ1v) is 9.86. The molecule has 0 unspecified atom stereocenters. The molecule has 0 aliphatic carbocycles. The highest BCUT2D eigenvalue weighted by Crippen LogP contribution is 2.32. The number of nitrogens with one attached hydrogen (secondary N) is 1.